The maximum Gasteiger partial charge on any atom is 2.00 e. The van der Waals surface area contributed by atoms with Crippen LogP contribution in [-0.2, 0) is 35.3 Å². The zero-order valence-corrected chi connectivity index (χ0v) is 6.13. The third kappa shape index (κ3) is 8.82. The first-order valence-corrected chi connectivity index (χ1v) is 0. The van der Waals surface area contributed by atoms with E-state index in [4.69, 9.17) is 0 Å². The molecule has 0 heterocycles. The third-order valence-corrected chi connectivity index (χ3v) is 0. The molecule has 0 N–H and O–H groups in total. The standard InChI is InChI=1S/Ca.Co.H4Si.V.2H/h;;1H4;;;/q+2;;;;2*-1. The minimum atomic E-state index is 0. The molecule has 0 aromatic heterocycles. The normalized spacial score (nSPS) is 0. The molecule has 4 heteroatoms. The fraction of sp³-hybridized carbons (Fsp3) is 0. The molecule has 26 valence electrons. The summed E-state index contributed by atoms with van der Waals surface area (Å²) in [6, 6.07) is 0. The van der Waals surface area contributed by atoms with Gasteiger partial charge >= 0.3 is 37.7 Å². The Bertz CT molecular complexity index is 13.5. The monoisotopic (exact) mass is 184 g/mol. The summed E-state index contributed by atoms with van der Waals surface area (Å²) in [5, 5.41) is 0. The summed E-state index contributed by atoms with van der Waals surface area (Å²) in [6.07, 6.45) is 0. The van der Waals surface area contributed by atoms with E-state index in [2.05, 4.69) is 0 Å². The van der Waals surface area contributed by atoms with E-state index >= 15 is 0 Å². The van der Waals surface area contributed by atoms with Gasteiger partial charge in [-0.1, -0.05) is 0 Å². The Kier molecular flexibility index (Phi) is 136. The van der Waals surface area contributed by atoms with Crippen LogP contribution in [0.15, 0.2) is 0 Å². The van der Waals surface area contributed by atoms with Crippen molar-refractivity contribution in [3.63, 3.8) is 0 Å². The van der Waals surface area contributed by atoms with Gasteiger partial charge in [-0.25, -0.2) is 0 Å². The SMILES string of the molecule is [Ca+2].[Co].[H-].[H-].[SiH4].[V]. The van der Waals surface area contributed by atoms with Crippen molar-refractivity contribution >= 4 is 48.7 Å². The first kappa shape index (κ1) is 30.9. The first-order chi connectivity index (χ1) is 0. The molecule has 0 saturated carbocycles. The van der Waals surface area contributed by atoms with Crippen molar-refractivity contribution in [1.82, 2.24) is 0 Å². The summed E-state index contributed by atoms with van der Waals surface area (Å²) in [4.78, 5) is 0. The molecule has 0 atom stereocenters. The van der Waals surface area contributed by atoms with Crippen molar-refractivity contribution in [1.29, 1.82) is 0 Å². The van der Waals surface area contributed by atoms with Crippen molar-refractivity contribution in [2.45, 2.75) is 0 Å². The molecule has 0 aliphatic rings. The van der Waals surface area contributed by atoms with Crippen LogP contribution < -0.4 is 0 Å². The maximum atomic E-state index is 0. The van der Waals surface area contributed by atoms with Gasteiger partial charge in [-0.15, -0.1) is 0 Å². The van der Waals surface area contributed by atoms with Crippen LogP contribution in [0, 0.1) is 0 Å². The smallest absolute Gasteiger partial charge is 1.00 e. The second-order valence-corrected chi connectivity index (χ2v) is 0. The molecule has 0 rings (SSSR count). The van der Waals surface area contributed by atoms with Crippen LogP contribution in [0.2, 0.25) is 0 Å². The molecular weight excluding hydrogens is 178 g/mol. The molecule has 0 aromatic carbocycles. The van der Waals surface area contributed by atoms with E-state index in [-0.39, 0.29) is 86.9 Å². The third-order valence-electron chi connectivity index (χ3n) is 0. The Labute approximate surface area is 85.6 Å². The van der Waals surface area contributed by atoms with Crippen molar-refractivity contribution < 1.29 is 38.2 Å². The van der Waals surface area contributed by atoms with Gasteiger partial charge in [0.05, 0.1) is 0 Å². The van der Waals surface area contributed by atoms with Gasteiger partial charge in [0.2, 0.25) is 0 Å². The predicted molar refractivity (Wildman–Crippen MR) is 19.3 cm³/mol. The molecule has 0 aliphatic carbocycles. The average molecular weight is 184 g/mol. The van der Waals surface area contributed by atoms with Crippen molar-refractivity contribution in [2.24, 2.45) is 0 Å². The Morgan fingerprint density at radius 2 is 1.25 bits per heavy atom. The molecular formula is H6CaCoSiV. The maximum absolute atomic E-state index is 0. The van der Waals surface area contributed by atoms with E-state index in [0.29, 0.717) is 0 Å². The minimum Gasteiger partial charge on any atom is -1.00 e. The van der Waals surface area contributed by atoms with Crippen molar-refractivity contribution in [3.8, 4) is 0 Å². The largest absolute Gasteiger partial charge is 2.00 e. The van der Waals surface area contributed by atoms with Crippen LogP contribution in [-0.4, -0.2) is 48.7 Å². The molecule has 0 aliphatic heterocycles. The number of hydrogen-bond donors (Lipinski definition) is 0. The van der Waals surface area contributed by atoms with Crippen LogP contribution in [0.4, 0.5) is 0 Å². The fourth-order valence-electron chi connectivity index (χ4n) is 0. The summed E-state index contributed by atoms with van der Waals surface area (Å²) in [5.41, 5.74) is 0. The predicted octanol–water partition coefficient (Wildman–Crippen LogP) is -1.61. The summed E-state index contributed by atoms with van der Waals surface area (Å²) in [5.74, 6) is 0. The van der Waals surface area contributed by atoms with Crippen molar-refractivity contribution in [3.05, 3.63) is 0 Å². The van der Waals surface area contributed by atoms with Crippen LogP contribution in [0.5, 0.6) is 0 Å². The van der Waals surface area contributed by atoms with E-state index < -0.39 is 0 Å². The molecule has 2 radical (unpaired) electrons. The van der Waals surface area contributed by atoms with Gasteiger partial charge in [-0.05, 0) is 11.0 Å². The summed E-state index contributed by atoms with van der Waals surface area (Å²) in [7, 11) is 0. The quantitative estimate of drug-likeness (QED) is 0.397. The molecule has 0 nitrogen and oxygen atoms in total. The molecule has 0 fully saturated rings. The van der Waals surface area contributed by atoms with E-state index in [1.54, 1.807) is 0 Å². The van der Waals surface area contributed by atoms with Crippen LogP contribution in [0.1, 0.15) is 2.85 Å². The summed E-state index contributed by atoms with van der Waals surface area (Å²) in [6.45, 7) is 0. The van der Waals surface area contributed by atoms with Crippen LogP contribution in [0.25, 0.3) is 0 Å². The number of rotatable bonds is 0. The topological polar surface area (TPSA) is 0 Å². The van der Waals surface area contributed by atoms with Gasteiger partial charge in [0.1, 0.15) is 0 Å². The summed E-state index contributed by atoms with van der Waals surface area (Å²) >= 11 is 0. The zero-order chi connectivity index (χ0) is 0. The fourth-order valence-corrected chi connectivity index (χ4v) is 0. The van der Waals surface area contributed by atoms with Gasteiger partial charge in [-0.2, -0.15) is 0 Å². The molecule has 0 aromatic rings. The average Bonchev–Trinajstić information content (AvgIpc) is 0. The van der Waals surface area contributed by atoms with E-state index in [1.807, 2.05) is 0 Å². The molecule has 0 spiro atoms. The Morgan fingerprint density at radius 1 is 1.25 bits per heavy atom. The van der Waals surface area contributed by atoms with Crippen LogP contribution >= 0.6 is 0 Å². The van der Waals surface area contributed by atoms with Crippen molar-refractivity contribution in [2.75, 3.05) is 0 Å². The number of hydrogen-bond acceptors (Lipinski definition) is 0. The van der Waals surface area contributed by atoms with Gasteiger partial charge in [0.25, 0.3) is 0 Å². The van der Waals surface area contributed by atoms with Gasteiger partial charge < -0.3 is 2.85 Å². The first-order valence-electron chi connectivity index (χ1n) is 0. The van der Waals surface area contributed by atoms with Gasteiger partial charge in [0.15, 0.2) is 0 Å². The second-order valence-electron chi connectivity index (χ2n) is 0. The molecule has 0 unspecified atom stereocenters. The van der Waals surface area contributed by atoms with Crippen LogP contribution in [0.3, 0.4) is 0 Å². The van der Waals surface area contributed by atoms with Gasteiger partial charge in [-0.3, -0.25) is 0 Å². The van der Waals surface area contributed by atoms with E-state index in [1.165, 1.54) is 0 Å². The summed E-state index contributed by atoms with van der Waals surface area (Å²) < 4.78 is 0. The Morgan fingerprint density at radius 3 is 1.25 bits per heavy atom. The minimum absolute atomic E-state index is 0. The van der Waals surface area contributed by atoms with E-state index in [9.17, 15) is 0 Å². The zero-order valence-electron chi connectivity index (χ0n) is 3.49. The van der Waals surface area contributed by atoms with Gasteiger partial charge in [0, 0.05) is 35.3 Å². The Hall–Kier alpha value is 2.57. The molecule has 0 saturated heterocycles. The second kappa shape index (κ2) is 17.6. The van der Waals surface area contributed by atoms with E-state index in [0.717, 1.165) is 0 Å². The molecule has 0 amide bonds. The molecule has 4 heavy (non-hydrogen) atoms. The molecule has 0 bridgehead atoms. The Balaban J connectivity index is 0.